The second-order valence-corrected chi connectivity index (χ2v) is 3.58. The molecule has 0 spiro atoms. The second kappa shape index (κ2) is 4.77. The van der Waals surface area contributed by atoms with Gasteiger partial charge in [-0.25, -0.2) is 0 Å². The Morgan fingerprint density at radius 1 is 1.06 bits per heavy atom. The predicted octanol–water partition coefficient (Wildman–Crippen LogP) is 1.34. The number of para-hydroxylation sites is 1. The van der Waals surface area contributed by atoms with E-state index in [2.05, 4.69) is 0 Å². The van der Waals surface area contributed by atoms with Crippen molar-refractivity contribution in [2.75, 3.05) is 6.54 Å². The van der Waals surface area contributed by atoms with Gasteiger partial charge in [-0.1, -0.05) is 24.3 Å². The molecule has 0 saturated carbocycles. The first-order chi connectivity index (χ1) is 7.83. The lowest BCUT2D eigenvalue weighted by molar-refractivity contribution is 0.915. The van der Waals surface area contributed by atoms with Crippen LogP contribution in [0.5, 0.6) is 0 Å². The fourth-order valence-electron chi connectivity index (χ4n) is 1.74. The molecule has 1 aromatic carbocycles. The van der Waals surface area contributed by atoms with Gasteiger partial charge in [-0.2, -0.15) is 0 Å². The Bertz CT molecular complexity index is 531. The van der Waals surface area contributed by atoms with Gasteiger partial charge in [0.15, 0.2) is 0 Å². The van der Waals surface area contributed by atoms with E-state index in [0.29, 0.717) is 6.54 Å². The van der Waals surface area contributed by atoms with E-state index in [1.165, 1.54) is 0 Å². The summed E-state index contributed by atoms with van der Waals surface area (Å²) >= 11 is 0. The van der Waals surface area contributed by atoms with E-state index in [1.54, 1.807) is 22.9 Å². The van der Waals surface area contributed by atoms with Crippen molar-refractivity contribution in [2.24, 2.45) is 5.73 Å². The summed E-state index contributed by atoms with van der Waals surface area (Å²) in [6.07, 6.45) is 2.55. The Morgan fingerprint density at radius 2 is 1.81 bits per heavy atom. The molecule has 2 aromatic rings. The van der Waals surface area contributed by atoms with Gasteiger partial charge in [-0.3, -0.25) is 9.36 Å². The van der Waals surface area contributed by atoms with E-state index in [1.807, 2.05) is 30.3 Å². The quantitative estimate of drug-likeness (QED) is 0.838. The van der Waals surface area contributed by atoms with E-state index >= 15 is 0 Å². The van der Waals surface area contributed by atoms with Crippen LogP contribution in [0.2, 0.25) is 0 Å². The number of hydrogen-bond donors (Lipinski definition) is 1. The predicted molar refractivity (Wildman–Crippen MR) is 64.8 cm³/mol. The van der Waals surface area contributed by atoms with Crippen molar-refractivity contribution < 1.29 is 0 Å². The number of hydrogen-bond acceptors (Lipinski definition) is 2. The average molecular weight is 214 g/mol. The fraction of sp³-hybridized carbons (Fsp3) is 0.154. The van der Waals surface area contributed by atoms with Gasteiger partial charge in [0.25, 0.3) is 5.56 Å². The Morgan fingerprint density at radius 3 is 2.56 bits per heavy atom. The van der Waals surface area contributed by atoms with E-state index < -0.39 is 0 Å². The normalized spacial score (nSPS) is 10.3. The van der Waals surface area contributed by atoms with Crippen LogP contribution in [0.25, 0.3) is 5.69 Å². The molecule has 0 radical (unpaired) electrons. The van der Waals surface area contributed by atoms with Crippen molar-refractivity contribution in [3.63, 3.8) is 0 Å². The Labute approximate surface area is 94.1 Å². The molecule has 1 heterocycles. The molecule has 16 heavy (non-hydrogen) atoms. The monoisotopic (exact) mass is 214 g/mol. The number of aromatic nitrogens is 1. The summed E-state index contributed by atoms with van der Waals surface area (Å²) < 4.78 is 1.64. The van der Waals surface area contributed by atoms with Crippen molar-refractivity contribution in [3.8, 4) is 5.69 Å². The summed E-state index contributed by atoms with van der Waals surface area (Å²) in [5.41, 5.74) is 7.55. The van der Waals surface area contributed by atoms with Crippen molar-refractivity contribution in [2.45, 2.75) is 6.42 Å². The third-order valence-corrected chi connectivity index (χ3v) is 2.49. The highest BCUT2D eigenvalue weighted by Gasteiger charge is 2.03. The molecule has 0 unspecified atom stereocenters. The third-order valence-electron chi connectivity index (χ3n) is 2.49. The average Bonchev–Trinajstić information content (AvgIpc) is 2.31. The molecule has 0 saturated heterocycles. The maximum Gasteiger partial charge on any atom is 0.255 e. The molecule has 3 heteroatoms. The minimum Gasteiger partial charge on any atom is -0.330 e. The first-order valence-corrected chi connectivity index (χ1v) is 5.29. The zero-order chi connectivity index (χ0) is 11.4. The lowest BCUT2D eigenvalue weighted by atomic mass is 10.1. The SMILES string of the molecule is NCCc1ccccc1-n1ccccc1=O. The van der Waals surface area contributed by atoms with Crippen LogP contribution in [0.1, 0.15) is 5.56 Å². The lowest BCUT2D eigenvalue weighted by Gasteiger charge is -2.10. The van der Waals surface area contributed by atoms with Gasteiger partial charge in [0.2, 0.25) is 0 Å². The molecule has 1 aromatic heterocycles. The van der Waals surface area contributed by atoms with Gasteiger partial charge in [0.05, 0.1) is 5.69 Å². The molecule has 2 rings (SSSR count). The summed E-state index contributed by atoms with van der Waals surface area (Å²) in [4.78, 5) is 11.7. The molecule has 0 fully saturated rings. The van der Waals surface area contributed by atoms with Crippen LogP contribution in [0.15, 0.2) is 53.5 Å². The van der Waals surface area contributed by atoms with Crippen LogP contribution < -0.4 is 11.3 Å². The number of rotatable bonds is 3. The van der Waals surface area contributed by atoms with Crippen LogP contribution in [-0.2, 0) is 6.42 Å². The molecule has 0 aliphatic rings. The maximum absolute atomic E-state index is 11.7. The van der Waals surface area contributed by atoms with Crippen molar-refractivity contribution in [1.82, 2.24) is 4.57 Å². The zero-order valence-electron chi connectivity index (χ0n) is 8.97. The molecule has 82 valence electrons. The Kier molecular flexibility index (Phi) is 3.17. The minimum atomic E-state index is -0.0213. The highest BCUT2D eigenvalue weighted by molar-refractivity contribution is 5.41. The maximum atomic E-state index is 11.7. The van der Waals surface area contributed by atoms with Crippen molar-refractivity contribution >= 4 is 0 Å². The number of nitrogens with two attached hydrogens (primary N) is 1. The van der Waals surface area contributed by atoms with Gasteiger partial charge < -0.3 is 5.73 Å². The molecular weight excluding hydrogens is 200 g/mol. The largest absolute Gasteiger partial charge is 0.330 e. The van der Waals surface area contributed by atoms with Gasteiger partial charge in [-0.15, -0.1) is 0 Å². The highest BCUT2D eigenvalue weighted by Crippen LogP contribution is 2.12. The first kappa shape index (κ1) is 10.6. The molecule has 0 amide bonds. The molecule has 0 bridgehead atoms. The molecule has 0 aliphatic heterocycles. The van der Waals surface area contributed by atoms with Crippen LogP contribution in [0.4, 0.5) is 0 Å². The van der Waals surface area contributed by atoms with Crippen molar-refractivity contribution in [3.05, 3.63) is 64.6 Å². The van der Waals surface area contributed by atoms with Gasteiger partial charge >= 0.3 is 0 Å². The third kappa shape index (κ3) is 2.04. The number of benzene rings is 1. The molecular formula is C13H14N2O. The fourth-order valence-corrected chi connectivity index (χ4v) is 1.74. The summed E-state index contributed by atoms with van der Waals surface area (Å²) in [7, 11) is 0. The Balaban J connectivity index is 2.56. The zero-order valence-corrected chi connectivity index (χ0v) is 8.97. The minimum absolute atomic E-state index is 0.0213. The number of pyridine rings is 1. The van der Waals surface area contributed by atoms with E-state index in [0.717, 1.165) is 17.7 Å². The van der Waals surface area contributed by atoms with Crippen LogP contribution in [0, 0.1) is 0 Å². The van der Waals surface area contributed by atoms with Crippen molar-refractivity contribution in [1.29, 1.82) is 0 Å². The Hall–Kier alpha value is -1.87. The topological polar surface area (TPSA) is 48.0 Å². The van der Waals surface area contributed by atoms with Crippen LogP contribution in [0.3, 0.4) is 0 Å². The van der Waals surface area contributed by atoms with Gasteiger partial charge in [0, 0.05) is 12.3 Å². The summed E-state index contributed by atoms with van der Waals surface area (Å²) in [5.74, 6) is 0. The first-order valence-electron chi connectivity index (χ1n) is 5.29. The summed E-state index contributed by atoms with van der Waals surface area (Å²) in [6.45, 7) is 0.582. The van der Waals surface area contributed by atoms with Gasteiger partial charge in [0.1, 0.15) is 0 Å². The number of nitrogens with zero attached hydrogens (tertiary/aromatic N) is 1. The molecule has 0 atom stereocenters. The van der Waals surface area contributed by atoms with Crippen LogP contribution in [-0.4, -0.2) is 11.1 Å². The van der Waals surface area contributed by atoms with Crippen LogP contribution >= 0.6 is 0 Å². The second-order valence-electron chi connectivity index (χ2n) is 3.58. The van der Waals surface area contributed by atoms with E-state index in [-0.39, 0.29) is 5.56 Å². The van der Waals surface area contributed by atoms with Gasteiger partial charge in [-0.05, 0) is 30.7 Å². The molecule has 2 N–H and O–H groups in total. The highest BCUT2D eigenvalue weighted by atomic mass is 16.1. The van der Waals surface area contributed by atoms with E-state index in [9.17, 15) is 4.79 Å². The standard InChI is InChI=1S/C13H14N2O/c14-9-8-11-5-1-2-6-12(11)15-10-4-3-7-13(15)16/h1-7,10H,8-9,14H2. The van der Waals surface area contributed by atoms with E-state index in [4.69, 9.17) is 5.73 Å². The molecule has 0 aliphatic carbocycles. The smallest absolute Gasteiger partial charge is 0.255 e. The lowest BCUT2D eigenvalue weighted by Crippen LogP contribution is -2.18. The summed E-state index contributed by atoms with van der Waals surface area (Å²) in [5, 5.41) is 0. The summed E-state index contributed by atoms with van der Waals surface area (Å²) in [6, 6.07) is 13.0. The molecule has 3 nitrogen and oxygen atoms in total.